The van der Waals surface area contributed by atoms with Crippen LogP contribution in [-0.2, 0) is 5.92 Å². The normalized spacial score (nSPS) is 19.5. The van der Waals surface area contributed by atoms with E-state index in [4.69, 9.17) is 0 Å². The van der Waals surface area contributed by atoms with Crippen molar-refractivity contribution < 1.29 is 22.1 Å². The second kappa shape index (κ2) is 6.04. The van der Waals surface area contributed by atoms with Crippen molar-refractivity contribution in [2.24, 2.45) is 0 Å². The first-order chi connectivity index (χ1) is 9.46. The van der Waals surface area contributed by atoms with E-state index in [1.165, 1.54) is 0 Å². The molecule has 0 aromatic carbocycles. The summed E-state index contributed by atoms with van der Waals surface area (Å²) in [7, 11) is 0. The number of aromatic nitrogens is 2. The Morgan fingerprint density at radius 3 is 2.55 bits per heavy atom. The van der Waals surface area contributed by atoms with Gasteiger partial charge in [0, 0.05) is 26.2 Å². The first-order valence-electron chi connectivity index (χ1n) is 6.41. The van der Waals surface area contributed by atoms with E-state index >= 15 is 0 Å². The fourth-order valence-electron chi connectivity index (χ4n) is 2.20. The zero-order chi connectivity index (χ0) is 14.8. The van der Waals surface area contributed by atoms with Gasteiger partial charge >= 0.3 is 18.2 Å². The molecule has 1 aromatic rings. The summed E-state index contributed by atoms with van der Waals surface area (Å²) in [4.78, 5) is 5.50. The number of halogens is 4. The molecule has 1 aromatic heterocycles. The van der Waals surface area contributed by atoms with Crippen LogP contribution >= 0.6 is 0 Å². The van der Waals surface area contributed by atoms with Crippen LogP contribution in [-0.4, -0.2) is 47.6 Å². The molecule has 1 aliphatic heterocycles. The van der Waals surface area contributed by atoms with Crippen LogP contribution in [0.1, 0.15) is 31.1 Å². The lowest BCUT2D eigenvalue weighted by Crippen LogP contribution is -2.45. The van der Waals surface area contributed by atoms with E-state index in [1.807, 2.05) is 11.8 Å². The van der Waals surface area contributed by atoms with Gasteiger partial charge in [0.15, 0.2) is 5.82 Å². The summed E-state index contributed by atoms with van der Waals surface area (Å²) in [5, 5.41) is 6.61. The zero-order valence-corrected chi connectivity index (χ0v) is 11.0. The fraction of sp³-hybridized carbons (Fsp3) is 0.818. The third-order valence-electron chi connectivity index (χ3n) is 3.28. The third-order valence-corrected chi connectivity index (χ3v) is 3.28. The Morgan fingerprint density at radius 2 is 2.00 bits per heavy atom. The van der Waals surface area contributed by atoms with Gasteiger partial charge in [-0.05, 0) is 6.42 Å². The lowest BCUT2D eigenvalue weighted by atomic mass is 10.1. The number of hydrogen-bond acceptors (Lipinski definition) is 5. The Balaban J connectivity index is 2.17. The number of piperazine rings is 1. The minimum Gasteiger partial charge on any atom is -0.332 e. The van der Waals surface area contributed by atoms with Crippen molar-refractivity contribution >= 4 is 0 Å². The van der Waals surface area contributed by atoms with Crippen molar-refractivity contribution in [3.63, 3.8) is 0 Å². The fourth-order valence-corrected chi connectivity index (χ4v) is 2.20. The van der Waals surface area contributed by atoms with Gasteiger partial charge in [-0.2, -0.15) is 13.8 Å². The molecule has 1 atom stereocenters. The molecule has 114 valence electrons. The zero-order valence-electron chi connectivity index (χ0n) is 11.0. The van der Waals surface area contributed by atoms with Crippen LogP contribution < -0.4 is 5.32 Å². The molecule has 20 heavy (non-hydrogen) atoms. The Morgan fingerprint density at radius 1 is 1.35 bits per heavy atom. The van der Waals surface area contributed by atoms with Crippen LogP contribution in [0.25, 0.3) is 0 Å². The molecule has 2 rings (SSSR count). The van der Waals surface area contributed by atoms with Crippen LogP contribution in [0.15, 0.2) is 4.52 Å². The smallest absolute Gasteiger partial charge is 0.332 e. The first kappa shape index (κ1) is 15.2. The summed E-state index contributed by atoms with van der Waals surface area (Å²) in [5.41, 5.74) is 0. The Kier molecular flexibility index (Phi) is 4.59. The van der Waals surface area contributed by atoms with E-state index in [1.54, 1.807) is 0 Å². The summed E-state index contributed by atoms with van der Waals surface area (Å²) < 4.78 is 55.1. The van der Waals surface area contributed by atoms with Crippen LogP contribution in [0.2, 0.25) is 0 Å². The van der Waals surface area contributed by atoms with Crippen LogP contribution in [0.5, 0.6) is 0 Å². The summed E-state index contributed by atoms with van der Waals surface area (Å²) >= 11 is 0. The Labute approximate surface area is 113 Å². The second-order valence-corrected chi connectivity index (χ2v) is 4.59. The largest absolute Gasteiger partial charge is 0.383 e. The maximum atomic E-state index is 13.1. The molecule has 0 aliphatic carbocycles. The van der Waals surface area contributed by atoms with Crippen molar-refractivity contribution in [2.75, 3.05) is 26.2 Å². The lowest BCUT2D eigenvalue weighted by Gasteiger charge is -2.32. The second-order valence-electron chi connectivity index (χ2n) is 4.59. The highest BCUT2D eigenvalue weighted by Crippen LogP contribution is 2.34. The molecule has 1 aliphatic rings. The van der Waals surface area contributed by atoms with Crippen molar-refractivity contribution in [3.05, 3.63) is 11.7 Å². The predicted molar refractivity (Wildman–Crippen MR) is 61.7 cm³/mol. The average molecular weight is 296 g/mol. The maximum Gasteiger partial charge on any atom is 0.383 e. The topological polar surface area (TPSA) is 54.2 Å². The molecule has 1 unspecified atom stereocenters. The monoisotopic (exact) mass is 296 g/mol. The highest BCUT2D eigenvalue weighted by atomic mass is 19.3. The van der Waals surface area contributed by atoms with Gasteiger partial charge in [-0.25, -0.2) is 8.78 Å². The molecule has 0 bridgehead atoms. The van der Waals surface area contributed by atoms with E-state index in [0.717, 1.165) is 13.1 Å². The molecule has 5 nitrogen and oxygen atoms in total. The predicted octanol–water partition coefficient (Wildman–Crippen LogP) is 1.78. The van der Waals surface area contributed by atoms with Crippen molar-refractivity contribution in [1.29, 1.82) is 0 Å². The molecule has 1 saturated heterocycles. The van der Waals surface area contributed by atoms with Crippen molar-refractivity contribution in [3.8, 4) is 0 Å². The molecule has 0 saturated carbocycles. The van der Waals surface area contributed by atoms with Crippen molar-refractivity contribution in [2.45, 2.75) is 31.7 Å². The maximum absolute atomic E-state index is 13.1. The van der Waals surface area contributed by atoms with Crippen LogP contribution in [0.4, 0.5) is 17.6 Å². The van der Waals surface area contributed by atoms with Gasteiger partial charge < -0.3 is 9.84 Å². The van der Waals surface area contributed by atoms with E-state index in [9.17, 15) is 17.6 Å². The number of rotatable bonds is 5. The lowest BCUT2D eigenvalue weighted by molar-refractivity contribution is -0.152. The van der Waals surface area contributed by atoms with E-state index in [2.05, 4.69) is 20.0 Å². The van der Waals surface area contributed by atoms with Gasteiger partial charge in [-0.1, -0.05) is 12.1 Å². The highest BCUT2D eigenvalue weighted by molar-refractivity contribution is 5.00. The number of hydrogen-bond donors (Lipinski definition) is 1. The van der Waals surface area contributed by atoms with Crippen LogP contribution in [0.3, 0.4) is 0 Å². The molecular formula is C11H16F4N4O. The van der Waals surface area contributed by atoms with Gasteiger partial charge in [0.2, 0.25) is 0 Å². The number of alkyl halides is 4. The van der Waals surface area contributed by atoms with E-state index in [0.29, 0.717) is 19.5 Å². The van der Waals surface area contributed by atoms with Gasteiger partial charge in [-0.15, -0.1) is 0 Å². The summed E-state index contributed by atoms with van der Waals surface area (Å²) in [5.74, 6) is -5.70. The van der Waals surface area contributed by atoms with Gasteiger partial charge in [0.25, 0.3) is 0 Å². The quantitative estimate of drug-likeness (QED) is 0.840. The minimum atomic E-state index is -4.41. The molecule has 1 fully saturated rings. The molecule has 0 spiro atoms. The number of nitrogens with zero attached hydrogens (tertiary/aromatic N) is 3. The molecule has 0 radical (unpaired) electrons. The number of nitrogens with one attached hydrogen (secondary N) is 1. The Hall–Kier alpha value is -1.22. The molecule has 0 amide bonds. The molecule has 9 heteroatoms. The first-order valence-corrected chi connectivity index (χ1v) is 6.41. The summed E-state index contributed by atoms with van der Waals surface area (Å²) in [6.07, 6.45) is -3.28. The average Bonchev–Trinajstić information content (AvgIpc) is 2.91. The summed E-state index contributed by atoms with van der Waals surface area (Å²) in [6.45, 7) is 4.83. The minimum absolute atomic E-state index is 0.0322. The molecular weight excluding hydrogens is 280 g/mol. The van der Waals surface area contributed by atoms with E-state index < -0.39 is 18.2 Å². The SMILES string of the molecule is CCC(c1noc(C(F)(F)C(F)F)n1)N1CCNCC1. The van der Waals surface area contributed by atoms with Gasteiger partial charge in [0.05, 0.1) is 6.04 Å². The van der Waals surface area contributed by atoms with Crippen LogP contribution in [0, 0.1) is 0 Å². The van der Waals surface area contributed by atoms with Crippen molar-refractivity contribution in [1.82, 2.24) is 20.4 Å². The molecule has 1 N–H and O–H groups in total. The van der Waals surface area contributed by atoms with E-state index in [-0.39, 0.29) is 11.9 Å². The summed E-state index contributed by atoms with van der Waals surface area (Å²) in [6, 6.07) is -0.303. The van der Waals surface area contributed by atoms with Gasteiger partial charge in [0.1, 0.15) is 0 Å². The standard InChI is InChI=1S/C11H16F4N4O/c1-2-7(19-5-3-16-4-6-19)8-17-10(20-18-8)11(14,15)9(12)13/h7,9,16H,2-6H2,1H3. The molecule has 2 heterocycles. The highest BCUT2D eigenvalue weighted by Gasteiger charge is 2.49. The Bertz CT molecular complexity index is 434. The van der Waals surface area contributed by atoms with Gasteiger partial charge in [-0.3, -0.25) is 4.90 Å². The third kappa shape index (κ3) is 2.93.